The molecule has 0 aliphatic carbocycles. The molecule has 0 spiro atoms. The average Bonchev–Trinajstić information content (AvgIpc) is 2.88. The van der Waals surface area contributed by atoms with Gasteiger partial charge in [-0.25, -0.2) is 4.79 Å². The van der Waals surface area contributed by atoms with E-state index in [1.54, 1.807) is 24.3 Å². The van der Waals surface area contributed by atoms with Crippen molar-refractivity contribution in [2.24, 2.45) is 0 Å². The number of anilines is 1. The molecule has 0 unspecified atom stereocenters. The molecule has 0 bridgehead atoms. The summed E-state index contributed by atoms with van der Waals surface area (Å²) in [6, 6.07) is 12.4. The second kappa shape index (κ2) is 17.0. The lowest BCUT2D eigenvalue weighted by molar-refractivity contribution is 0.0499. The minimum absolute atomic E-state index is 0.230. The fourth-order valence-corrected chi connectivity index (χ4v) is 4.18. The van der Waals surface area contributed by atoms with Gasteiger partial charge in [0, 0.05) is 10.5 Å². The van der Waals surface area contributed by atoms with Gasteiger partial charge >= 0.3 is 5.97 Å². The Labute approximate surface area is 215 Å². The Bertz CT molecular complexity index is 898. The van der Waals surface area contributed by atoms with Crippen LogP contribution < -0.4 is 10.1 Å². The predicted molar refractivity (Wildman–Crippen MR) is 146 cm³/mol. The maximum Gasteiger partial charge on any atom is 0.338 e. The molecule has 2 aromatic rings. The molecule has 1 N–H and O–H groups in total. The van der Waals surface area contributed by atoms with E-state index in [1.165, 1.54) is 56.7 Å². The molecule has 0 atom stereocenters. The number of nitrogens with one attached hydrogen (secondary N) is 1. The van der Waals surface area contributed by atoms with Gasteiger partial charge in [-0.05, 0) is 61.6 Å². The Hall–Kier alpha value is -2.47. The molecule has 0 saturated carbocycles. The summed E-state index contributed by atoms with van der Waals surface area (Å²) >= 11 is 1.51. The fourth-order valence-electron chi connectivity index (χ4n) is 3.65. The minimum Gasteiger partial charge on any atom is -0.494 e. The van der Waals surface area contributed by atoms with Crippen LogP contribution >= 0.6 is 11.8 Å². The molecule has 1 amide bonds. The third kappa shape index (κ3) is 10.8. The largest absolute Gasteiger partial charge is 0.494 e. The van der Waals surface area contributed by atoms with E-state index in [0.29, 0.717) is 30.0 Å². The molecule has 6 heteroatoms. The molecule has 0 saturated heterocycles. The van der Waals surface area contributed by atoms with Crippen LogP contribution in [0.3, 0.4) is 0 Å². The maximum absolute atomic E-state index is 12.8. The van der Waals surface area contributed by atoms with Crippen LogP contribution in [-0.2, 0) is 4.74 Å². The van der Waals surface area contributed by atoms with Crippen molar-refractivity contribution in [2.45, 2.75) is 83.0 Å². The van der Waals surface area contributed by atoms with Crippen molar-refractivity contribution in [1.29, 1.82) is 0 Å². The summed E-state index contributed by atoms with van der Waals surface area (Å²) in [5.41, 5.74) is 1.56. The number of hydrogen-bond donors (Lipinski definition) is 1. The van der Waals surface area contributed by atoms with Gasteiger partial charge in [0.2, 0.25) is 0 Å². The van der Waals surface area contributed by atoms with Crippen molar-refractivity contribution < 1.29 is 19.1 Å². The van der Waals surface area contributed by atoms with Crippen LogP contribution in [0.2, 0.25) is 0 Å². The molecule has 2 rings (SSSR count). The zero-order valence-corrected chi connectivity index (χ0v) is 22.4. The molecule has 0 radical (unpaired) electrons. The van der Waals surface area contributed by atoms with Gasteiger partial charge in [0.1, 0.15) is 5.75 Å². The van der Waals surface area contributed by atoms with E-state index in [0.717, 1.165) is 29.9 Å². The van der Waals surface area contributed by atoms with E-state index in [9.17, 15) is 9.59 Å². The van der Waals surface area contributed by atoms with Gasteiger partial charge in [-0.15, -0.1) is 11.8 Å². The first-order valence-corrected chi connectivity index (χ1v) is 14.2. The molecule has 192 valence electrons. The number of esters is 1. The summed E-state index contributed by atoms with van der Waals surface area (Å²) in [7, 11) is 0. The van der Waals surface area contributed by atoms with E-state index >= 15 is 0 Å². The first kappa shape index (κ1) is 28.8. The highest BCUT2D eigenvalue weighted by Crippen LogP contribution is 2.27. The van der Waals surface area contributed by atoms with Crippen molar-refractivity contribution >= 4 is 29.3 Å². The van der Waals surface area contributed by atoms with Gasteiger partial charge in [-0.1, -0.05) is 65.2 Å². The lowest BCUT2D eigenvalue weighted by atomic mass is 10.1. The smallest absolute Gasteiger partial charge is 0.338 e. The van der Waals surface area contributed by atoms with Crippen LogP contribution in [0.25, 0.3) is 0 Å². The zero-order chi connectivity index (χ0) is 25.3. The van der Waals surface area contributed by atoms with Gasteiger partial charge in [0.15, 0.2) is 0 Å². The maximum atomic E-state index is 12.8. The summed E-state index contributed by atoms with van der Waals surface area (Å²) in [6.07, 6.45) is 13.9. The molecule has 0 fully saturated rings. The highest BCUT2D eigenvalue weighted by atomic mass is 32.2. The van der Waals surface area contributed by atoms with Crippen LogP contribution in [0.4, 0.5) is 5.69 Å². The number of hydrogen-bond acceptors (Lipinski definition) is 5. The quantitative estimate of drug-likeness (QED) is 0.135. The van der Waals surface area contributed by atoms with Crippen LogP contribution in [0.5, 0.6) is 5.75 Å². The zero-order valence-electron chi connectivity index (χ0n) is 21.6. The van der Waals surface area contributed by atoms with Crippen molar-refractivity contribution in [1.82, 2.24) is 0 Å². The minimum atomic E-state index is -0.375. The summed E-state index contributed by atoms with van der Waals surface area (Å²) in [5.74, 6) is 0.164. The molecule has 5 nitrogen and oxygen atoms in total. The van der Waals surface area contributed by atoms with Crippen molar-refractivity contribution in [3.05, 3.63) is 53.6 Å². The molecule has 0 aromatic heterocycles. The molecule has 0 aliphatic heterocycles. The molecular formula is C29H41NO4S. The second-order valence-corrected chi connectivity index (χ2v) is 9.55. The Morgan fingerprint density at radius 3 is 2.06 bits per heavy atom. The lowest BCUT2D eigenvalue weighted by Gasteiger charge is -2.12. The van der Waals surface area contributed by atoms with Crippen molar-refractivity contribution in [3.8, 4) is 5.75 Å². The summed E-state index contributed by atoms with van der Waals surface area (Å²) in [4.78, 5) is 26.0. The van der Waals surface area contributed by atoms with Crippen molar-refractivity contribution in [3.63, 3.8) is 0 Å². The van der Waals surface area contributed by atoms with Crippen molar-refractivity contribution in [2.75, 3.05) is 24.8 Å². The summed E-state index contributed by atoms with van der Waals surface area (Å²) in [6.45, 7) is 5.38. The third-order valence-corrected chi connectivity index (χ3v) is 6.59. The highest BCUT2D eigenvalue weighted by molar-refractivity contribution is 7.98. The number of rotatable bonds is 17. The van der Waals surface area contributed by atoms with E-state index < -0.39 is 0 Å². The monoisotopic (exact) mass is 499 g/mol. The fraction of sp³-hybridized carbons (Fsp3) is 0.517. The molecular weight excluding hydrogens is 458 g/mol. The third-order valence-electron chi connectivity index (χ3n) is 5.80. The Morgan fingerprint density at radius 1 is 0.771 bits per heavy atom. The molecule has 35 heavy (non-hydrogen) atoms. The van der Waals surface area contributed by atoms with Crippen LogP contribution in [-0.4, -0.2) is 31.3 Å². The lowest BCUT2D eigenvalue weighted by Crippen LogP contribution is -2.14. The standard InChI is InChI=1S/C29H41NO4S/c1-4-6-8-9-10-11-12-13-21-33-25-17-14-23(15-18-25)28(31)30-26-22-24(16-19-27(26)35-3)29(32)34-20-7-5-2/h14-19,22H,4-13,20-21H2,1-3H3,(H,30,31). The van der Waals surface area contributed by atoms with Gasteiger partial charge < -0.3 is 14.8 Å². The van der Waals surface area contributed by atoms with E-state index in [2.05, 4.69) is 12.2 Å². The number of unbranched alkanes of at least 4 members (excludes halogenated alkanes) is 8. The van der Waals surface area contributed by atoms with E-state index in [1.807, 2.05) is 31.4 Å². The predicted octanol–water partition coefficient (Wildman–Crippen LogP) is 8.14. The van der Waals surface area contributed by atoms with E-state index in [-0.39, 0.29) is 11.9 Å². The number of carbonyl (C=O) groups is 2. The number of ether oxygens (including phenoxy) is 2. The Kier molecular flexibility index (Phi) is 14.0. The first-order valence-electron chi connectivity index (χ1n) is 13.0. The highest BCUT2D eigenvalue weighted by Gasteiger charge is 2.14. The van der Waals surface area contributed by atoms with Crippen LogP contribution in [0, 0.1) is 0 Å². The normalized spacial score (nSPS) is 10.7. The number of thioether (sulfide) groups is 1. The Morgan fingerprint density at radius 2 is 1.40 bits per heavy atom. The second-order valence-electron chi connectivity index (χ2n) is 8.71. The topological polar surface area (TPSA) is 64.6 Å². The van der Waals surface area contributed by atoms with Gasteiger partial charge in [-0.3, -0.25) is 4.79 Å². The van der Waals surface area contributed by atoms with Crippen LogP contribution in [0.1, 0.15) is 98.8 Å². The summed E-state index contributed by atoms with van der Waals surface area (Å²) < 4.78 is 11.1. The molecule has 2 aromatic carbocycles. The first-order chi connectivity index (χ1) is 17.1. The van der Waals surface area contributed by atoms with Crippen LogP contribution in [0.15, 0.2) is 47.4 Å². The van der Waals surface area contributed by atoms with Gasteiger partial charge in [0.25, 0.3) is 5.91 Å². The van der Waals surface area contributed by atoms with Gasteiger partial charge in [0.05, 0.1) is 24.5 Å². The van der Waals surface area contributed by atoms with Gasteiger partial charge in [-0.2, -0.15) is 0 Å². The SMILES string of the molecule is CCCCCCCCCCOc1ccc(C(=O)Nc2cc(C(=O)OCCCC)ccc2SC)cc1. The number of benzene rings is 2. The summed E-state index contributed by atoms with van der Waals surface area (Å²) in [5, 5.41) is 2.94. The number of amides is 1. The number of carbonyl (C=O) groups excluding carboxylic acids is 2. The molecule has 0 aliphatic rings. The van der Waals surface area contributed by atoms with E-state index in [4.69, 9.17) is 9.47 Å². The molecule has 0 heterocycles. The average molecular weight is 500 g/mol. The Balaban J connectivity index is 1.83.